The van der Waals surface area contributed by atoms with Gasteiger partial charge in [0.05, 0.1) is 19.9 Å². The zero-order valence-corrected chi connectivity index (χ0v) is 15.9. The third-order valence-electron chi connectivity index (χ3n) is 4.94. The van der Waals surface area contributed by atoms with Crippen LogP contribution in [-0.2, 0) is 7.05 Å². The number of aryl methyl sites for hydroxylation is 1. The van der Waals surface area contributed by atoms with Gasteiger partial charge in [-0.2, -0.15) is 4.57 Å². The number of hydrogen-bond donors (Lipinski definition) is 1. The Morgan fingerprint density at radius 1 is 0.800 bits per heavy atom. The third-order valence-corrected chi connectivity index (χ3v) is 6.06. The predicted molar refractivity (Wildman–Crippen MR) is 113 cm³/mol. The molecule has 0 bridgehead atoms. The van der Waals surface area contributed by atoms with E-state index in [0.29, 0.717) is 0 Å². The Morgan fingerprint density at radius 3 is 2.40 bits per heavy atom. The van der Waals surface area contributed by atoms with Gasteiger partial charge >= 0.3 is 0 Å². The molecule has 0 saturated heterocycles. The van der Waals surface area contributed by atoms with Gasteiger partial charge in [0, 0.05) is 6.07 Å². The Morgan fingerprint density at radius 2 is 1.56 bits per heavy atom. The molecule has 2 heterocycles. The smallest absolute Gasteiger partial charge is 0.239 e. The number of fused-ring (bicyclic) bond motifs is 4. The van der Waals surface area contributed by atoms with E-state index in [4.69, 9.17) is 0 Å². The Kier molecular flexibility index (Phi) is 3.31. The molecular weight excluding hydrogens is 419 g/mol. The van der Waals surface area contributed by atoms with Crippen molar-refractivity contribution in [2.45, 2.75) is 0 Å². The van der Waals surface area contributed by atoms with Gasteiger partial charge in [-0.1, -0.05) is 48.5 Å². The first-order chi connectivity index (χ1) is 12.2. The lowest BCUT2D eigenvalue weighted by Crippen LogP contribution is -2.30. The minimum Gasteiger partial charge on any atom is -0.348 e. The second-order valence-electron chi connectivity index (χ2n) is 6.37. The van der Waals surface area contributed by atoms with E-state index in [0.717, 1.165) is 0 Å². The predicted octanol–water partition coefficient (Wildman–Crippen LogP) is 5.57. The second kappa shape index (κ2) is 5.56. The maximum Gasteiger partial charge on any atom is 0.239 e. The molecule has 0 saturated carbocycles. The van der Waals surface area contributed by atoms with Crippen LogP contribution in [0.15, 0.2) is 72.8 Å². The SMILES string of the molecule is C[n+]1c2ccccc2c(I)c2[nH]c3ccc(-c4ccccc4)cc3c21. The molecule has 3 heteroatoms. The first-order valence-electron chi connectivity index (χ1n) is 8.31. The molecule has 1 N–H and O–H groups in total. The van der Waals surface area contributed by atoms with Crippen molar-refractivity contribution in [3.8, 4) is 11.1 Å². The van der Waals surface area contributed by atoms with E-state index in [9.17, 15) is 0 Å². The molecule has 0 aliphatic heterocycles. The van der Waals surface area contributed by atoms with Crippen molar-refractivity contribution in [3.05, 3.63) is 76.4 Å². The highest BCUT2D eigenvalue weighted by molar-refractivity contribution is 14.1. The number of hydrogen-bond acceptors (Lipinski definition) is 0. The summed E-state index contributed by atoms with van der Waals surface area (Å²) in [5, 5.41) is 2.55. The van der Waals surface area contributed by atoms with Gasteiger partial charge in [0.25, 0.3) is 0 Å². The standard InChI is InChI=1S/C22H15IN2/c1-25-19-10-6-5-9-16(19)20(23)21-22(25)17-13-15(11-12-18(17)24-21)14-7-3-2-4-8-14/h2-13H,1H3/p+1. The van der Waals surface area contributed by atoms with Crippen LogP contribution in [0, 0.1) is 3.57 Å². The molecule has 0 unspecified atom stereocenters. The lowest BCUT2D eigenvalue weighted by molar-refractivity contribution is -0.616. The fourth-order valence-electron chi connectivity index (χ4n) is 3.70. The van der Waals surface area contributed by atoms with Crippen LogP contribution in [0.2, 0.25) is 0 Å². The summed E-state index contributed by atoms with van der Waals surface area (Å²) in [6, 6.07) is 25.8. The number of para-hydroxylation sites is 1. The summed E-state index contributed by atoms with van der Waals surface area (Å²) in [7, 11) is 2.16. The van der Waals surface area contributed by atoms with Gasteiger partial charge in [0.2, 0.25) is 11.0 Å². The molecule has 0 aliphatic carbocycles. The number of rotatable bonds is 1. The second-order valence-corrected chi connectivity index (χ2v) is 7.44. The number of pyridine rings is 1. The first kappa shape index (κ1) is 14.9. The van der Waals surface area contributed by atoms with E-state index in [-0.39, 0.29) is 0 Å². The van der Waals surface area contributed by atoms with Crippen LogP contribution in [0.3, 0.4) is 0 Å². The third kappa shape index (κ3) is 2.19. The minimum atomic E-state index is 1.18. The molecule has 0 fully saturated rings. The van der Waals surface area contributed by atoms with Crippen LogP contribution >= 0.6 is 22.6 Å². The number of aromatic nitrogens is 2. The van der Waals surface area contributed by atoms with Gasteiger partial charge < -0.3 is 4.98 Å². The van der Waals surface area contributed by atoms with Crippen molar-refractivity contribution in [2.24, 2.45) is 7.05 Å². The summed E-state index contributed by atoms with van der Waals surface area (Å²) in [4.78, 5) is 3.63. The summed E-state index contributed by atoms with van der Waals surface area (Å²) < 4.78 is 3.58. The summed E-state index contributed by atoms with van der Waals surface area (Å²) >= 11 is 2.46. The first-order valence-corrected chi connectivity index (χ1v) is 9.39. The number of benzene rings is 3. The Balaban J connectivity index is 1.92. The van der Waals surface area contributed by atoms with Crippen LogP contribution < -0.4 is 4.57 Å². The largest absolute Gasteiger partial charge is 0.348 e. The van der Waals surface area contributed by atoms with Gasteiger partial charge in [0.1, 0.15) is 12.6 Å². The van der Waals surface area contributed by atoms with Crippen molar-refractivity contribution in [2.75, 3.05) is 0 Å². The molecule has 3 aromatic carbocycles. The molecule has 5 aromatic rings. The number of halogens is 1. The molecule has 5 rings (SSSR count). The normalized spacial score (nSPS) is 11.6. The number of nitrogens with zero attached hydrogens (tertiary/aromatic N) is 1. The van der Waals surface area contributed by atoms with Crippen LogP contribution in [0.5, 0.6) is 0 Å². The molecule has 120 valence electrons. The fourth-order valence-corrected chi connectivity index (χ4v) is 4.55. The fraction of sp³-hybridized carbons (Fsp3) is 0.0455. The summed E-state index contributed by atoms with van der Waals surface area (Å²) in [5.41, 5.74) is 7.40. The molecule has 0 spiro atoms. The maximum absolute atomic E-state index is 3.63. The van der Waals surface area contributed by atoms with E-state index < -0.39 is 0 Å². The van der Waals surface area contributed by atoms with Crippen LogP contribution in [0.25, 0.3) is 44.0 Å². The van der Waals surface area contributed by atoms with E-state index >= 15 is 0 Å². The quantitative estimate of drug-likeness (QED) is 0.262. The summed E-state index contributed by atoms with van der Waals surface area (Å²) in [6.07, 6.45) is 0. The molecule has 0 atom stereocenters. The van der Waals surface area contributed by atoms with Gasteiger partial charge in [0.15, 0.2) is 0 Å². The van der Waals surface area contributed by atoms with Crippen molar-refractivity contribution >= 4 is 55.4 Å². The number of nitrogens with one attached hydrogen (secondary N) is 1. The van der Waals surface area contributed by atoms with Crippen LogP contribution in [-0.4, -0.2) is 4.98 Å². The highest BCUT2D eigenvalue weighted by Gasteiger charge is 2.21. The van der Waals surface area contributed by atoms with Gasteiger partial charge in [-0.25, -0.2) is 0 Å². The topological polar surface area (TPSA) is 19.7 Å². The average molecular weight is 435 g/mol. The molecule has 2 aromatic heterocycles. The minimum absolute atomic E-state index is 1.18. The molecule has 0 aliphatic rings. The van der Waals surface area contributed by atoms with Gasteiger partial charge in [-0.3, -0.25) is 0 Å². The lowest BCUT2D eigenvalue weighted by Gasteiger charge is -2.03. The Hall–Kier alpha value is -2.40. The maximum atomic E-state index is 3.63. The van der Waals surface area contributed by atoms with Crippen molar-refractivity contribution < 1.29 is 4.57 Å². The molecule has 0 radical (unpaired) electrons. The Bertz CT molecular complexity index is 1250. The summed E-state index contributed by atoms with van der Waals surface area (Å²) in [5.74, 6) is 0. The zero-order chi connectivity index (χ0) is 17.0. The van der Waals surface area contributed by atoms with E-state index in [1.54, 1.807) is 0 Å². The van der Waals surface area contributed by atoms with E-state index in [1.807, 2.05) is 0 Å². The molecule has 2 nitrogen and oxygen atoms in total. The van der Waals surface area contributed by atoms with E-state index in [1.165, 1.54) is 47.5 Å². The molecular formula is C22H16IN2+. The zero-order valence-electron chi connectivity index (χ0n) is 13.8. The van der Waals surface area contributed by atoms with Gasteiger partial charge in [-0.05, 0) is 51.9 Å². The van der Waals surface area contributed by atoms with Crippen LogP contribution in [0.1, 0.15) is 0 Å². The monoisotopic (exact) mass is 435 g/mol. The van der Waals surface area contributed by atoms with Crippen molar-refractivity contribution in [1.82, 2.24) is 4.98 Å². The molecule has 0 amide bonds. The van der Waals surface area contributed by atoms with Gasteiger partial charge in [-0.15, -0.1) is 0 Å². The highest BCUT2D eigenvalue weighted by atomic mass is 127. The molecule has 25 heavy (non-hydrogen) atoms. The lowest BCUT2D eigenvalue weighted by atomic mass is 10.0. The average Bonchev–Trinajstić information content (AvgIpc) is 3.06. The van der Waals surface area contributed by atoms with Crippen LogP contribution in [0.4, 0.5) is 0 Å². The number of H-pyrrole nitrogens is 1. The highest BCUT2D eigenvalue weighted by Crippen LogP contribution is 2.33. The summed E-state index contributed by atoms with van der Waals surface area (Å²) in [6.45, 7) is 0. The Labute approximate surface area is 159 Å². The van der Waals surface area contributed by atoms with Crippen molar-refractivity contribution in [1.29, 1.82) is 0 Å². The van der Waals surface area contributed by atoms with E-state index in [2.05, 4.69) is 112 Å². The van der Waals surface area contributed by atoms with Crippen molar-refractivity contribution in [3.63, 3.8) is 0 Å². The number of aromatic amines is 1.